The summed E-state index contributed by atoms with van der Waals surface area (Å²) in [6.07, 6.45) is 3.73. The van der Waals surface area contributed by atoms with Crippen LogP contribution in [0, 0.1) is 5.41 Å². The monoisotopic (exact) mass is 306 g/mol. The number of aryl methyl sites for hydroxylation is 1. The number of carbonyl (C=O) groups excluding carboxylic acids is 1. The first-order chi connectivity index (χ1) is 11.1. The Bertz CT molecular complexity index is 750. The molecule has 23 heavy (non-hydrogen) atoms. The molecule has 0 amide bonds. The van der Waals surface area contributed by atoms with E-state index in [9.17, 15) is 9.90 Å². The number of ketones is 1. The highest BCUT2D eigenvalue weighted by atomic mass is 16.3. The third kappa shape index (κ3) is 2.28. The van der Waals surface area contributed by atoms with Gasteiger partial charge in [0.1, 0.15) is 11.5 Å². The van der Waals surface area contributed by atoms with E-state index in [-0.39, 0.29) is 17.3 Å². The molecule has 1 N–H and O–H groups in total. The van der Waals surface area contributed by atoms with Gasteiger partial charge in [0.15, 0.2) is 0 Å². The van der Waals surface area contributed by atoms with Crippen LogP contribution in [0.4, 0.5) is 0 Å². The van der Waals surface area contributed by atoms with E-state index in [1.165, 1.54) is 11.1 Å². The molecular formula is C21H22O2. The maximum Gasteiger partial charge on any atom is 0.140 e. The number of phenolic OH excluding ortho intramolecular Hbond substituents is 1. The fourth-order valence-corrected chi connectivity index (χ4v) is 4.71. The van der Waals surface area contributed by atoms with Gasteiger partial charge in [0.2, 0.25) is 0 Å². The van der Waals surface area contributed by atoms with E-state index >= 15 is 0 Å². The third-order valence-electron chi connectivity index (χ3n) is 5.96. The summed E-state index contributed by atoms with van der Waals surface area (Å²) in [5, 5.41) is 9.82. The van der Waals surface area contributed by atoms with Crippen LogP contribution in [0.2, 0.25) is 0 Å². The van der Waals surface area contributed by atoms with Gasteiger partial charge in [0, 0.05) is 12.3 Å². The lowest BCUT2D eigenvalue weighted by atomic mass is 9.54. The molecule has 0 aromatic heterocycles. The average molecular weight is 306 g/mol. The number of carbonyl (C=O) groups is 1. The number of rotatable bonds is 1. The van der Waals surface area contributed by atoms with Crippen molar-refractivity contribution >= 4 is 5.78 Å². The van der Waals surface area contributed by atoms with Gasteiger partial charge in [-0.05, 0) is 53.5 Å². The van der Waals surface area contributed by atoms with E-state index in [0.717, 1.165) is 24.8 Å². The van der Waals surface area contributed by atoms with Gasteiger partial charge in [-0.25, -0.2) is 0 Å². The molecule has 2 aromatic carbocycles. The van der Waals surface area contributed by atoms with Crippen molar-refractivity contribution in [1.82, 2.24) is 0 Å². The Balaban J connectivity index is 1.88. The van der Waals surface area contributed by atoms with Crippen molar-refractivity contribution < 1.29 is 9.90 Å². The predicted octanol–water partition coefficient (Wildman–Crippen LogP) is 4.58. The highest BCUT2D eigenvalue weighted by Gasteiger charge is 2.49. The Hall–Kier alpha value is -2.09. The molecule has 0 saturated heterocycles. The summed E-state index contributed by atoms with van der Waals surface area (Å²) in [5.41, 5.74) is 3.77. The SMILES string of the molecule is C[C@]12CCC(=O)C(c3ccccc3)[C@@H]1c1ccc(O)cc1CC2. The number of aromatic hydroxyl groups is 1. The summed E-state index contributed by atoms with van der Waals surface area (Å²) >= 11 is 0. The smallest absolute Gasteiger partial charge is 0.140 e. The largest absolute Gasteiger partial charge is 0.508 e. The summed E-state index contributed by atoms with van der Waals surface area (Å²) in [5.74, 6) is 0.847. The van der Waals surface area contributed by atoms with Gasteiger partial charge in [-0.1, -0.05) is 43.3 Å². The molecule has 0 aliphatic heterocycles. The van der Waals surface area contributed by atoms with E-state index in [1.54, 1.807) is 6.07 Å². The van der Waals surface area contributed by atoms with Crippen molar-refractivity contribution in [2.24, 2.45) is 5.41 Å². The molecule has 0 spiro atoms. The van der Waals surface area contributed by atoms with E-state index in [0.29, 0.717) is 18.0 Å². The minimum Gasteiger partial charge on any atom is -0.508 e. The van der Waals surface area contributed by atoms with Gasteiger partial charge in [-0.2, -0.15) is 0 Å². The molecule has 2 heteroatoms. The molecule has 2 aromatic rings. The molecule has 2 aliphatic rings. The minimum absolute atomic E-state index is 0.0569. The summed E-state index contributed by atoms with van der Waals surface area (Å²) in [6, 6.07) is 15.9. The second-order valence-corrected chi connectivity index (χ2v) is 7.37. The van der Waals surface area contributed by atoms with Gasteiger partial charge >= 0.3 is 0 Å². The number of hydrogen-bond acceptors (Lipinski definition) is 2. The average Bonchev–Trinajstić information content (AvgIpc) is 2.56. The molecule has 1 unspecified atom stereocenters. The lowest BCUT2D eigenvalue weighted by Crippen LogP contribution is -2.42. The number of fused-ring (bicyclic) bond motifs is 3. The first kappa shape index (κ1) is 14.5. The third-order valence-corrected chi connectivity index (χ3v) is 5.96. The normalized spacial score (nSPS) is 29.7. The zero-order chi connectivity index (χ0) is 16.0. The van der Waals surface area contributed by atoms with Crippen LogP contribution in [-0.2, 0) is 11.2 Å². The molecular weight excluding hydrogens is 284 g/mol. The van der Waals surface area contributed by atoms with Gasteiger partial charge in [-0.3, -0.25) is 4.79 Å². The molecule has 2 aliphatic carbocycles. The fourth-order valence-electron chi connectivity index (χ4n) is 4.71. The summed E-state index contributed by atoms with van der Waals surface area (Å²) in [7, 11) is 0. The Labute approximate surface area is 137 Å². The fraction of sp³-hybridized carbons (Fsp3) is 0.381. The van der Waals surface area contributed by atoms with E-state index in [2.05, 4.69) is 19.1 Å². The zero-order valence-electron chi connectivity index (χ0n) is 13.5. The lowest BCUT2D eigenvalue weighted by molar-refractivity contribution is -0.125. The van der Waals surface area contributed by atoms with Crippen molar-refractivity contribution in [3.8, 4) is 5.75 Å². The first-order valence-electron chi connectivity index (χ1n) is 8.48. The van der Waals surface area contributed by atoms with Gasteiger partial charge in [0.25, 0.3) is 0 Å². The number of benzene rings is 2. The summed E-state index contributed by atoms with van der Waals surface area (Å²) in [6.45, 7) is 2.34. The standard InChI is InChI=1S/C21H22O2/c1-21-11-9-15-13-16(22)7-8-17(15)20(21)19(18(23)10-12-21)14-5-3-2-4-6-14/h2-8,13,19-20,22H,9-12H2,1H3/t19?,20-,21-/m0/s1. The van der Waals surface area contributed by atoms with Crippen LogP contribution in [-0.4, -0.2) is 10.9 Å². The van der Waals surface area contributed by atoms with Crippen LogP contribution < -0.4 is 0 Å². The summed E-state index contributed by atoms with van der Waals surface area (Å²) in [4.78, 5) is 12.8. The van der Waals surface area contributed by atoms with Crippen LogP contribution in [0.3, 0.4) is 0 Å². The highest BCUT2D eigenvalue weighted by molar-refractivity contribution is 5.88. The topological polar surface area (TPSA) is 37.3 Å². The maximum atomic E-state index is 12.8. The molecule has 0 bridgehead atoms. The molecule has 0 radical (unpaired) electrons. The van der Waals surface area contributed by atoms with Crippen LogP contribution in [0.1, 0.15) is 54.7 Å². The number of phenols is 1. The van der Waals surface area contributed by atoms with Crippen molar-refractivity contribution in [2.75, 3.05) is 0 Å². The van der Waals surface area contributed by atoms with Crippen molar-refractivity contribution in [1.29, 1.82) is 0 Å². The summed E-state index contributed by atoms with van der Waals surface area (Å²) < 4.78 is 0. The van der Waals surface area contributed by atoms with Crippen LogP contribution >= 0.6 is 0 Å². The Kier molecular flexibility index (Phi) is 3.29. The van der Waals surface area contributed by atoms with Crippen molar-refractivity contribution in [3.05, 3.63) is 65.2 Å². The lowest BCUT2D eigenvalue weighted by Gasteiger charge is -2.49. The molecule has 4 rings (SSSR count). The predicted molar refractivity (Wildman–Crippen MR) is 90.7 cm³/mol. The van der Waals surface area contributed by atoms with E-state index < -0.39 is 0 Å². The maximum absolute atomic E-state index is 12.8. The number of hydrogen-bond donors (Lipinski definition) is 1. The van der Waals surface area contributed by atoms with Gasteiger partial charge < -0.3 is 5.11 Å². The van der Waals surface area contributed by atoms with Gasteiger partial charge in [0.05, 0.1) is 5.92 Å². The van der Waals surface area contributed by atoms with E-state index in [4.69, 9.17) is 0 Å². The van der Waals surface area contributed by atoms with Crippen LogP contribution in [0.5, 0.6) is 5.75 Å². The Morgan fingerprint density at radius 2 is 1.78 bits per heavy atom. The Morgan fingerprint density at radius 1 is 1.04 bits per heavy atom. The molecule has 2 nitrogen and oxygen atoms in total. The molecule has 1 fully saturated rings. The molecule has 0 heterocycles. The zero-order valence-corrected chi connectivity index (χ0v) is 13.5. The van der Waals surface area contributed by atoms with E-state index in [1.807, 2.05) is 30.3 Å². The number of Topliss-reactive ketones (excluding diaryl/α,β-unsaturated/α-hetero) is 1. The molecule has 1 saturated carbocycles. The first-order valence-corrected chi connectivity index (χ1v) is 8.48. The minimum atomic E-state index is -0.0569. The van der Waals surface area contributed by atoms with Crippen LogP contribution in [0.15, 0.2) is 48.5 Å². The quantitative estimate of drug-likeness (QED) is 0.837. The molecule has 118 valence electrons. The Morgan fingerprint density at radius 3 is 2.57 bits per heavy atom. The molecule has 3 atom stereocenters. The van der Waals surface area contributed by atoms with Gasteiger partial charge in [-0.15, -0.1) is 0 Å². The van der Waals surface area contributed by atoms with Crippen molar-refractivity contribution in [2.45, 2.75) is 44.4 Å². The van der Waals surface area contributed by atoms with Crippen molar-refractivity contribution in [3.63, 3.8) is 0 Å². The second-order valence-electron chi connectivity index (χ2n) is 7.37. The highest BCUT2D eigenvalue weighted by Crippen LogP contribution is 2.58. The van der Waals surface area contributed by atoms with Crippen LogP contribution in [0.25, 0.3) is 0 Å². The second kappa shape index (κ2) is 5.23.